The Morgan fingerprint density at radius 1 is 1.17 bits per heavy atom. The molecule has 1 heterocycles. The summed E-state index contributed by atoms with van der Waals surface area (Å²) in [6.07, 6.45) is 0.405. The third-order valence-electron chi connectivity index (χ3n) is 4.96. The molecule has 0 radical (unpaired) electrons. The number of amides is 2. The van der Waals surface area contributed by atoms with Gasteiger partial charge in [-0.25, -0.2) is 8.78 Å². The number of carbonyl (C=O) groups excluding carboxylic acids is 2. The van der Waals surface area contributed by atoms with E-state index in [0.29, 0.717) is 13.0 Å². The SMILES string of the molecule is Cc1ccc(N2CC[C@@H](NC(=O)C3CCC(F)(F)CC3)C2=O)cc1. The summed E-state index contributed by atoms with van der Waals surface area (Å²) in [7, 11) is 0. The highest BCUT2D eigenvalue weighted by Gasteiger charge is 2.39. The Labute approximate surface area is 140 Å². The highest BCUT2D eigenvalue weighted by atomic mass is 19.3. The lowest BCUT2D eigenvalue weighted by atomic mass is 9.86. The molecule has 1 aliphatic carbocycles. The zero-order valence-corrected chi connectivity index (χ0v) is 13.7. The molecule has 0 spiro atoms. The lowest BCUT2D eigenvalue weighted by molar-refractivity contribution is -0.132. The molecule has 6 heteroatoms. The zero-order valence-electron chi connectivity index (χ0n) is 13.7. The number of hydrogen-bond donors (Lipinski definition) is 1. The van der Waals surface area contributed by atoms with Crippen molar-refractivity contribution in [2.75, 3.05) is 11.4 Å². The van der Waals surface area contributed by atoms with E-state index in [1.54, 1.807) is 4.90 Å². The van der Waals surface area contributed by atoms with Gasteiger partial charge >= 0.3 is 0 Å². The number of nitrogens with one attached hydrogen (secondary N) is 1. The molecule has 1 aliphatic heterocycles. The summed E-state index contributed by atoms with van der Waals surface area (Å²) in [6.45, 7) is 2.53. The average Bonchev–Trinajstić information content (AvgIpc) is 2.89. The first-order valence-corrected chi connectivity index (χ1v) is 8.42. The monoisotopic (exact) mass is 336 g/mol. The minimum absolute atomic E-state index is 0.131. The van der Waals surface area contributed by atoms with Crippen LogP contribution in [0.15, 0.2) is 24.3 Å². The summed E-state index contributed by atoms with van der Waals surface area (Å²) < 4.78 is 26.4. The van der Waals surface area contributed by atoms with Crippen molar-refractivity contribution in [2.24, 2.45) is 5.92 Å². The van der Waals surface area contributed by atoms with Crippen LogP contribution in [0.5, 0.6) is 0 Å². The predicted octanol–water partition coefficient (Wildman–Crippen LogP) is 3.04. The second-order valence-electron chi connectivity index (χ2n) is 6.81. The molecule has 2 fully saturated rings. The molecule has 2 amide bonds. The molecule has 1 aromatic carbocycles. The first-order chi connectivity index (χ1) is 11.4. The third kappa shape index (κ3) is 3.57. The van der Waals surface area contributed by atoms with E-state index < -0.39 is 17.9 Å². The lowest BCUT2D eigenvalue weighted by Crippen LogP contribution is -2.45. The van der Waals surface area contributed by atoms with Crippen LogP contribution < -0.4 is 10.2 Å². The topological polar surface area (TPSA) is 49.4 Å². The number of hydrogen-bond acceptors (Lipinski definition) is 2. The maximum absolute atomic E-state index is 13.2. The van der Waals surface area contributed by atoms with Crippen molar-refractivity contribution in [1.29, 1.82) is 0 Å². The van der Waals surface area contributed by atoms with Gasteiger partial charge in [-0.15, -0.1) is 0 Å². The van der Waals surface area contributed by atoms with Gasteiger partial charge in [0.15, 0.2) is 0 Å². The normalized spacial score (nSPS) is 24.2. The van der Waals surface area contributed by atoms with Crippen LogP contribution in [0.2, 0.25) is 0 Å². The van der Waals surface area contributed by atoms with Crippen LogP contribution in [0.1, 0.15) is 37.7 Å². The smallest absolute Gasteiger partial charge is 0.249 e. The standard InChI is InChI=1S/C18H22F2N2O2/c1-12-2-4-14(5-3-12)22-11-8-15(17(22)24)21-16(23)13-6-9-18(19,20)10-7-13/h2-5,13,15H,6-11H2,1H3,(H,21,23)/t15-/m1/s1. The first kappa shape index (κ1) is 16.9. The van der Waals surface area contributed by atoms with Gasteiger partial charge in [0.05, 0.1) is 0 Å². The summed E-state index contributed by atoms with van der Waals surface area (Å²) in [6, 6.07) is 7.11. The molecule has 0 aromatic heterocycles. The molecule has 130 valence electrons. The summed E-state index contributed by atoms with van der Waals surface area (Å²) in [5.74, 6) is -3.46. The molecule has 1 aromatic rings. The van der Waals surface area contributed by atoms with Crippen LogP contribution in [-0.4, -0.2) is 30.3 Å². The Morgan fingerprint density at radius 3 is 2.42 bits per heavy atom. The minimum Gasteiger partial charge on any atom is -0.344 e. The van der Waals surface area contributed by atoms with E-state index >= 15 is 0 Å². The van der Waals surface area contributed by atoms with Crippen molar-refractivity contribution >= 4 is 17.5 Å². The van der Waals surface area contributed by atoms with Crippen LogP contribution in [0.25, 0.3) is 0 Å². The van der Waals surface area contributed by atoms with Crippen molar-refractivity contribution < 1.29 is 18.4 Å². The van der Waals surface area contributed by atoms with Crippen LogP contribution >= 0.6 is 0 Å². The molecule has 0 unspecified atom stereocenters. The fourth-order valence-corrected chi connectivity index (χ4v) is 3.39. The average molecular weight is 336 g/mol. The molecule has 3 rings (SSSR count). The number of alkyl halides is 2. The quantitative estimate of drug-likeness (QED) is 0.922. The third-order valence-corrected chi connectivity index (χ3v) is 4.96. The van der Waals surface area contributed by atoms with Gasteiger partial charge in [0.1, 0.15) is 6.04 Å². The summed E-state index contributed by atoms with van der Waals surface area (Å²) in [5.41, 5.74) is 1.93. The lowest BCUT2D eigenvalue weighted by Gasteiger charge is -2.28. The zero-order chi connectivity index (χ0) is 17.3. The number of rotatable bonds is 3. The summed E-state index contributed by atoms with van der Waals surface area (Å²) in [4.78, 5) is 26.4. The van der Waals surface area contributed by atoms with Gasteiger partial charge in [-0.1, -0.05) is 17.7 Å². The molecule has 1 N–H and O–H groups in total. The number of benzene rings is 1. The largest absolute Gasteiger partial charge is 0.344 e. The van der Waals surface area contributed by atoms with Crippen molar-refractivity contribution in [1.82, 2.24) is 5.32 Å². The Hall–Kier alpha value is -1.98. The molecule has 1 atom stereocenters. The van der Waals surface area contributed by atoms with E-state index in [4.69, 9.17) is 0 Å². The van der Waals surface area contributed by atoms with Gasteiger partial charge in [-0.05, 0) is 38.3 Å². The molecule has 4 nitrogen and oxygen atoms in total. The van der Waals surface area contributed by atoms with Crippen LogP contribution in [0.4, 0.5) is 14.5 Å². The fourth-order valence-electron chi connectivity index (χ4n) is 3.39. The highest BCUT2D eigenvalue weighted by Crippen LogP contribution is 2.36. The number of aryl methyl sites for hydroxylation is 1. The van der Waals surface area contributed by atoms with Crippen LogP contribution in [0, 0.1) is 12.8 Å². The first-order valence-electron chi connectivity index (χ1n) is 8.42. The minimum atomic E-state index is -2.65. The van der Waals surface area contributed by atoms with Crippen LogP contribution in [0.3, 0.4) is 0 Å². The molecule has 1 saturated carbocycles. The van der Waals surface area contributed by atoms with Gasteiger partial charge in [0, 0.05) is 31.0 Å². The number of carbonyl (C=O) groups is 2. The van der Waals surface area contributed by atoms with Gasteiger partial charge in [0.2, 0.25) is 17.7 Å². The van der Waals surface area contributed by atoms with Crippen molar-refractivity contribution in [2.45, 2.75) is 51.0 Å². The van der Waals surface area contributed by atoms with E-state index in [1.807, 2.05) is 31.2 Å². The molecule has 24 heavy (non-hydrogen) atoms. The molecular weight excluding hydrogens is 314 g/mol. The van der Waals surface area contributed by atoms with E-state index in [9.17, 15) is 18.4 Å². The highest BCUT2D eigenvalue weighted by molar-refractivity contribution is 6.01. The Balaban J connectivity index is 1.58. The Morgan fingerprint density at radius 2 is 1.79 bits per heavy atom. The summed E-state index contributed by atoms with van der Waals surface area (Å²) in [5, 5.41) is 2.76. The Kier molecular flexibility index (Phi) is 4.56. The second-order valence-corrected chi connectivity index (χ2v) is 6.81. The number of anilines is 1. The molecule has 2 aliphatic rings. The van der Waals surface area contributed by atoms with Gasteiger partial charge in [-0.3, -0.25) is 9.59 Å². The molecular formula is C18H22F2N2O2. The molecule has 1 saturated heterocycles. The number of nitrogens with zero attached hydrogens (tertiary/aromatic N) is 1. The van der Waals surface area contributed by atoms with Crippen molar-refractivity contribution in [3.8, 4) is 0 Å². The van der Waals surface area contributed by atoms with E-state index in [1.165, 1.54) is 0 Å². The van der Waals surface area contributed by atoms with E-state index in [-0.39, 0.29) is 37.5 Å². The van der Waals surface area contributed by atoms with Gasteiger partial charge < -0.3 is 10.2 Å². The Bertz CT molecular complexity index is 620. The molecule has 0 bridgehead atoms. The fraction of sp³-hybridized carbons (Fsp3) is 0.556. The van der Waals surface area contributed by atoms with E-state index in [0.717, 1.165) is 11.3 Å². The van der Waals surface area contributed by atoms with Gasteiger partial charge in [-0.2, -0.15) is 0 Å². The van der Waals surface area contributed by atoms with Gasteiger partial charge in [0.25, 0.3) is 0 Å². The summed E-state index contributed by atoms with van der Waals surface area (Å²) >= 11 is 0. The van der Waals surface area contributed by atoms with Crippen molar-refractivity contribution in [3.63, 3.8) is 0 Å². The number of halogens is 2. The van der Waals surface area contributed by atoms with E-state index in [2.05, 4.69) is 5.32 Å². The van der Waals surface area contributed by atoms with Crippen LogP contribution in [-0.2, 0) is 9.59 Å². The second kappa shape index (κ2) is 6.49. The van der Waals surface area contributed by atoms with Crippen molar-refractivity contribution in [3.05, 3.63) is 29.8 Å². The maximum Gasteiger partial charge on any atom is 0.249 e. The maximum atomic E-state index is 13.2. The predicted molar refractivity (Wildman–Crippen MR) is 87.0 cm³/mol.